The molecule has 0 bridgehead atoms. The summed E-state index contributed by atoms with van der Waals surface area (Å²) in [7, 11) is 2.23. The van der Waals surface area contributed by atoms with E-state index in [1.807, 2.05) is 23.7 Å². The molecular weight excluding hydrogens is 374 g/mol. The Kier molecular flexibility index (Phi) is 5.86. The van der Waals surface area contributed by atoms with Crippen LogP contribution in [0.15, 0.2) is 35.8 Å². The lowest BCUT2D eigenvalue weighted by Crippen LogP contribution is -2.37. The Morgan fingerprint density at radius 1 is 1.33 bits per heavy atom. The highest BCUT2D eigenvalue weighted by atomic mass is 32.1. The van der Waals surface area contributed by atoms with Gasteiger partial charge in [-0.15, -0.1) is 22.7 Å². The molecule has 0 fully saturated rings. The van der Waals surface area contributed by atoms with E-state index in [2.05, 4.69) is 34.4 Å². The van der Waals surface area contributed by atoms with Crippen LogP contribution in [0, 0.1) is 0 Å². The summed E-state index contributed by atoms with van der Waals surface area (Å²) in [5, 5.41) is 4.21. The van der Waals surface area contributed by atoms with E-state index in [1.165, 1.54) is 21.7 Å². The molecule has 0 saturated carbocycles. The minimum absolute atomic E-state index is 0.0505. The molecule has 27 heavy (non-hydrogen) atoms. The molecule has 0 saturated heterocycles. The highest BCUT2D eigenvalue weighted by Crippen LogP contribution is 2.26. The smallest absolute Gasteiger partial charge is 0.261 e. The van der Waals surface area contributed by atoms with Gasteiger partial charge in [-0.25, -0.2) is 4.98 Å². The van der Waals surface area contributed by atoms with E-state index >= 15 is 0 Å². The first-order valence-corrected chi connectivity index (χ1v) is 11.3. The summed E-state index contributed by atoms with van der Waals surface area (Å²) in [6, 6.07) is 10.8. The number of nitrogens with zero attached hydrogens (tertiary/aromatic N) is 2. The number of aryl methyl sites for hydroxylation is 1. The topological polar surface area (TPSA) is 45.2 Å². The molecule has 4 rings (SSSR count). The number of fused-ring (bicyclic) bond motifs is 2. The second kappa shape index (κ2) is 8.50. The molecule has 0 aliphatic heterocycles. The fourth-order valence-corrected chi connectivity index (χ4v) is 5.58. The van der Waals surface area contributed by atoms with Crippen LogP contribution in [0.5, 0.6) is 0 Å². The van der Waals surface area contributed by atoms with Gasteiger partial charge >= 0.3 is 0 Å². The average molecular weight is 400 g/mol. The van der Waals surface area contributed by atoms with Gasteiger partial charge < -0.3 is 10.2 Å². The molecule has 6 heteroatoms. The third kappa shape index (κ3) is 4.39. The Hall–Kier alpha value is -1.76. The Bertz CT molecular complexity index is 884. The second-order valence-corrected chi connectivity index (χ2v) is 9.23. The molecule has 0 spiro atoms. The summed E-state index contributed by atoms with van der Waals surface area (Å²) in [6.45, 7) is 1.82. The van der Waals surface area contributed by atoms with Crippen molar-refractivity contribution in [2.24, 2.45) is 0 Å². The number of amides is 1. The molecule has 1 aliphatic rings. The van der Waals surface area contributed by atoms with Gasteiger partial charge in [0.1, 0.15) is 0 Å². The molecule has 1 unspecified atom stereocenters. The minimum Gasteiger partial charge on any atom is -0.351 e. The fraction of sp³-hybridized carbons (Fsp3) is 0.429. The number of benzene rings is 1. The molecule has 1 atom stereocenters. The molecular formula is C21H25N3OS2. The van der Waals surface area contributed by atoms with E-state index in [0.29, 0.717) is 6.04 Å². The number of nitrogens with one attached hydrogen (secondary N) is 1. The van der Waals surface area contributed by atoms with Gasteiger partial charge in [-0.2, -0.15) is 0 Å². The van der Waals surface area contributed by atoms with Crippen molar-refractivity contribution in [3.8, 4) is 0 Å². The molecule has 0 radical (unpaired) electrons. The standard InChI is InChI=1S/C21H25N3OS2/c1-24(16-8-9-17-19(13-16)26-14-23-17)11-5-4-10-22-21(25)20-12-15-6-2-3-7-18(15)27-20/h2-3,6-7,12,14,16H,4-5,8-11,13H2,1H3,(H,22,25). The van der Waals surface area contributed by atoms with Gasteiger partial charge in [-0.05, 0) is 63.2 Å². The zero-order chi connectivity index (χ0) is 18.6. The van der Waals surface area contributed by atoms with Gasteiger partial charge in [-0.3, -0.25) is 4.79 Å². The van der Waals surface area contributed by atoms with Crippen molar-refractivity contribution in [3.05, 3.63) is 51.3 Å². The van der Waals surface area contributed by atoms with Crippen molar-refractivity contribution in [1.82, 2.24) is 15.2 Å². The van der Waals surface area contributed by atoms with E-state index in [1.54, 1.807) is 22.7 Å². The largest absolute Gasteiger partial charge is 0.351 e. The van der Waals surface area contributed by atoms with Crippen LogP contribution >= 0.6 is 22.7 Å². The normalized spacial score (nSPS) is 16.6. The van der Waals surface area contributed by atoms with Crippen LogP contribution in [-0.2, 0) is 12.8 Å². The number of hydrogen-bond donors (Lipinski definition) is 1. The number of thiophene rings is 1. The number of likely N-dealkylation sites (N-methyl/N-ethyl adjacent to an activating group) is 1. The second-order valence-electron chi connectivity index (χ2n) is 7.21. The van der Waals surface area contributed by atoms with E-state index < -0.39 is 0 Å². The van der Waals surface area contributed by atoms with Gasteiger partial charge in [0.2, 0.25) is 0 Å². The minimum atomic E-state index is 0.0505. The predicted molar refractivity (Wildman–Crippen MR) is 114 cm³/mol. The maximum Gasteiger partial charge on any atom is 0.261 e. The molecule has 142 valence electrons. The van der Waals surface area contributed by atoms with Gasteiger partial charge in [0.25, 0.3) is 5.91 Å². The number of rotatable bonds is 7. The highest BCUT2D eigenvalue weighted by Gasteiger charge is 2.23. The van der Waals surface area contributed by atoms with Crippen LogP contribution < -0.4 is 5.32 Å². The lowest BCUT2D eigenvalue weighted by Gasteiger charge is -2.30. The molecule has 1 aromatic carbocycles. The van der Waals surface area contributed by atoms with Gasteiger partial charge in [0.15, 0.2) is 0 Å². The Morgan fingerprint density at radius 2 is 2.22 bits per heavy atom. The van der Waals surface area contributed by atoms with Crippen LogP contribution in [0.2, 0.25) is 0 Å². The van der Waals surface area contributed by atoms with E-state index in [9.17, 15) is 4.79 Å². The summed E-state index contributed by atoms with van der Waals surface area (Å²) >= 11 is 3.36. The summed E-state index contributed by atoms with van der Waals surface area (Å²) in [5.74, 6) is 0.0505. The van der Waals surface area contributed by atoms with E-state index in [0.717, 1.165) is 49.0 Å². The summed E-state index contributed by atoms with van der Waals surface area (Å²) < 4.78 is 1.17. The van der Waals surface area contributed by atoms with Crippen molar-refractivity contribution in [3.63, 3.8) is 0 Å². The van der Waals surface area contributed by atoms with Crippen molar-refractivity contribution in [2.75, 3.05) is 20.1 Å². The summed E-state index contributed by atoms with van der Waals surface area (Å²) in [4.78, 5) is 21.5. The van der Waals surface area contributed by atoms with Gasteiger partial charge in [0, 0.05) is 22.2 Å². The quantitative estimate of drug-likeness (QED) is 0.601. The van der Waals surface area contributed by atoms with Crippen molar-refractivity contribution in [2.45, 2.75) is 38.1 Å². The van der Waals surface area contributed by atoms with Crippen LogP contribution in [-0.4, -0.2) is 42.0 Å². The fourth-order valence-electron chi connectivity index (χ4n) is 3.71. The van der Waals surface area contributed by atoms with Crippen LogP contribution in [0.25, 0.3) is 10.1 Å². The Labute approximate surface area is 168 Å². The summed E-state index contributed by atoms with van der Waals surface area (Å²) in [5.41, 5.74) is 3.29. The lowest BCUT2D eigenvalue weighted by molar-refractivity contribution is 0.0956. The molecule has 1 amide bonds. The maximum atomic E-state index is 12.3. The lowest BCUT2D eigenvalue weighted by atomic mass is 9.96. The SMILES string of the molecule is CN(CCCCNC(=O)c1cc2ccccc2s1)C1CCc2ncsc2C1. The number of carbonyl (C=O) groups is 1. The number of hydrogen-bond acceptors (Lipinski definition) is 5. The predicted octanol–water partition coefficient (Wildman–Crippen LogP) is 4.36. The monoisotopic (exact) mass is 399 g/mol. The number of aromatic nitrogens is 1. The number of unbranched alkanes of at least 4 members (excludes halogenated alkanes) is 1. The van der Waals surface area contributed by atoms with Crippen molar-refractivity contribution >= 4 is 38.7 Å². The van der Waals surface area contributed by atoms with Crippen LogP contribution in [0.4, 0.5) is 0 Å². The van der Waals surface area contributed by atoms with E-state index in [-0.39, 0.29) is 5.91 Å². The van der Waals surface area contributed by atoms with Gasteiger partial charge in [0.05, 0.1) is 16.1 Å². The summed E-state index contributed by atoms with van der Waals surface area (Å²) in [6.07, 6.45) is 5.57. The molecule has 1 aliphatic carbocycles. The number of thiazole rings is 1. The maximum absolute atomic E-state index is 12.3. The molecule has 3 aromatic rings. The Balaban J connectivity index is 1.17. The average Bonchev–Trinajstić information content (AvgIpc) is 3.33. The zero-order valence-electron chi connectivity index (χ0n) is 15.6. The molecule has 2 aromatic heterocycles. The van der Waals surface area contributed by atoms with Crippen LogP contribution in [0.3, 0.4) is 0 Å². The van der Waals surface area contributed by atoms with Crippen molar-refractivity contribution in [1.29, 1.82) is 0 Å². The third-order valence-electron chi connectivity index (χ3n) is 5.36. The number of carbonyl (C=O) groups excluding carboxylic acids is 1. The van der Waals surface area contributed by atoms with E-state index in [4.69, 9.17) is 0 Å². The first-order chi connectivity index (χ1) is 13.2. The third-order valence-corrected chi connectivity index (χ3v) is 7.37. The first kappa shape index (κ1) is 18.6. The zero-order valence-corrected chi connectivity index (χ0v) is 17.2. The molecule has 2 heterocycles. The first-order valence-electron chi connectivity index (χ1n) is 9.59. The van der Waals surface area contributed by atoms with Gasteiger partial charge in [-0.1, -0.05) is 18.2 Å². The van der Waals surface area contributed by atoms with Crippen molar-refractivity contribution < 1.29 is 4.79 Å². The van der Waals surface area contributed by atoms with Crippen LogP contribution in [0.1, 0.15) is 39.5 Å². The molecule has 1 N–H and O–H groups in total. The Morgan fingerprint density at radius 3 is 3.11 bits per heavy atom. The highest BCUT2D eigenvalue weighted by molar-refractivity contribution is 7.20. The molecule has 4 nitrogen and oxygen atoms in total.